The molecular weight excluding hydrogens is 1380 g/mol. The van der Waals surface area contributed by atoms with Gasteiger partial charge < -0.3 is 0 Å². The lowest BCUT2D eigenvalue weighted by Crippen LogP contribution is -2.53. The highest BCUT2D eigenvalue weighted by Gasteiger charge is 2.54. The zero-order valence-corrected chi connectivity index (χ0v) is 74.3. The maximum atomic E-state index is 2.61. The first-order valence-corrected chi connectivity index (χ1v) is 45.2. The molecule has 594 valence electrons. The van der Waals surface area contributed by atoms with E-state index in [-0.39, 0.29) is 21.7 Å². The Balaban J connectivity index is 0.000000108. The fourth-order valence-corrected chi connectivity index (χ4v) is 24.4. The summed E-state index contributed by atoms with van der Waals surface area (Å²) in [6, 6.07) is 42.7. The van der Waals surface area contributed by atoms with Crippen molar-refractivity contribution in [1.82, 2.24) is 0 Å². The van der Waals surface area contributed by atoms with Gasteiger partial charge in [0.1, 0.15) is 35.2 Å². The summed E-state index contributed by atoms with van der Waals surface area (Å²) in [4.78, 5) is 0. The Bertz CT molecular complexity index is 5470. The van der Waals surface area contributed by atoms with Crippen LogP contribution >= 0.6 is 0 Å². The summed E-state index contributed by atoms with van der Waals surface area (Å²) < 4.78 is 12.4. The molecule has 5 aromatic carbocycles. The molecular formula is C109H138N5+5. The Morgan fingerprint density at radius 2 is 0.623 bits per heavy atom. The van der Waals surface area contributed by atoms with Crippen LogP contribution in [0.25, 0.3) is 56.3 Å². The highest BCUT2D eigenvalue weighted by molar-refractivity contribution is 5.74. The molecule has 0 bridgehead atoms. The molecule has 20 rings (SSSR count). The predicted molar refractivity (Wildman–Crippen MR) is 474 cm³/mol. The van der Waals surface area contributed by atoms with Crippen LogP contribution in [0.4, 0.5) is 0 Å². The van der Waals surface area contributed by atoms with Crippen molar-refractivity contribution in [3.05, 3.63) is 261 Å². The third kappa shape index (κ3) is 14.0. The fourth-order valence-electron chi connectivity index (χ4n) is 24.4. The zero-order chi connectivity index (χ0) is 80.2. The molecule has 5 aromatic heterocycles. The van der Waals surface area contributed by atoms with E-state index in [4.69, 9.17) is 0 Å². The van der Waals surface area contributed by atoms with Gasteiger partial charge in [-0.3, -0.25) is 0 Å². The van der Waals surface area contributed by atoms with Gasteiger partial charge in [-0.05, 0) is 347 Å². The van der Waals surface area contributed by atoms with Crippen molar-refractivity contribution in [2.75, 3.05) is 0 Å². The van der Waals surface area contributed by atoms with Crippen LogP contribution in [0.1, 0.15) is 298 Å². The lowest BCUT2D eigenvalue weighted by molar-refractivity contribution is -0.673. The summed E-state index contributed by atoms with van der Waals surface area (Å²) in [6.45, 7) is 35.9. The molecule has 0 saturated heterocycles. The van der Waals surface area contributed by atoms with Crippen LogP contribution in [-0.2, 0) is 152 Å². The number of benzene rings is 5. The van der Waals surface area contributed by atoms with Gasteiger partial charge in [0, 0.05) is 109 Å². The Labute approximate surface area is 688 Å². The molecule has 10 aliphatic rings. The van der Waals surface area contributed by atoms with Gasteiger partial charge in [-0.1, -0.05) is 121 Å². The summed E-state index contributed by atoms with van der Waals surface area (Å²) in [5.41, 5.74) is 55.7. The van der Waals surface area contributed by atoms with Crippen LogP contribution in [0.3, 0.4) is 0 Å². The van der Waals surface area contributed by atoms with E-state index in [1.165, 1.54) is 276 Å². The van der Waals surface area contributed by atoms with Crippen molar-refractivity contribution < 1.29 is 22.8 Å². The van der Waals surface area contributed by atoms with Crippen molar-refractivity contribution >= 4 is 0 Å². The minimum Gasteiger partial charge on any atom is -0.201 e. The van der Waals surface area contributed by atoms with Crippen molar-refractivity contribution in [1.29, 1.82) is 0 Å². The highest BCUT2D eigenvalue weighted by atomic mass is 15.0. The molecule has 10 aromatic rings. The molecule has 5 heterocycles. The number of hydrogen-bond acceptors (Lipinski definition) is 0. The third-order valence-electron chi connectivity index (χ3n) is 30.7. The lowest BCUT2D eigenvalue weighted by atomic mass is 9.55. The number of nitrogens with zero attached hydrogens (tertiary/aromatic N) is 5. The summed E-state index contributed by atoms with van der Waals surface area (Å²) in [6.07, 6.45) is 40.0. The van der Waals surface area contributed by atoms with E-state index in [1.54, 1.807) is 106 Å². The van der Waals surface area contributed by atoms with E-state index in [1.807, 2.05) is 0 Å². The van der Waals surface area contributed by atoms with Gasteiger partial charge in [0.2, 0.25) is 28.5 Å². The molecule has 0 saturated carbocycles. The average molecular weight is 1520 g/mol. The number of aryl methyl sites for hydroxylation is 7. The van der Waals surface area contributed by atoms with E-state index in [9.17, 15) is 0 Å². The number of hydrogen-bond donors (Lipinski definition) is 0. The molecule has 114 heavy (non-hydrogen) atoms. The van der Waals surface area contributed by atoms with Crippen LogP contribution in [0.15, 0.2) is 121 Å². The summed E-state index contributed by atoms with van der Waals surface area (Å²) >= 11 is 0. The second kappa shape index (κ2) is 31.0. The van der Waals surface area contributed by atoms with Gasteiger partial charge >= 0.3 is 0 Å². The molecule has 0 aliphatic heterocycles. The second-order valence-electron chi connectivity index (χ2n) is 40.1. The van der Waals surface area contributed by atoms with Gasteiger partial charge in [-0.15, -0.1) is 0 Å². The average Bonchev–Trinajstić information content (AvgIpc) is 0.903. The molecule has 1 unspecified atom stereocenters. The Kier molecular flexibility index (Phi) is 21.7. The predicted octanol–water partition coefficient (Wildman–Crippen LogP) is 22.7. The van der Waals surface area contributed by atoms with Gasteiger partial charge in [0.15, 0.2) is 29.0 Å². The van der Waals surface area contributed by atoms with Crippen molar-refractivity contribution in [2.24, 2.45) is 35.2 Å². The monoisotopic (exact) mass is 1520 g/mol. The minimum absolute atomic E-state index is 0.174. The molecule has 0 amide bonds. The Morgan fingerprint density at radius 1 is 0.272 bits per heavy atom. The standard InChI is InChI=1S/C29H42N.C21H26N.2C20H24N.C19H22N/c1-19-13-11-12-14-20(19)24-22-21(26(2,3)15-16-27(22,4)5)23-25(30(24)10)29(8,9)18-17-28(23,6)7;1-15-9-3-4-10-16(15)21-19-13-6-5-11-17(19)18-12-7-8-14-20(18)22(21)2;1-13-7-10-21(4)18(11-13)17-12-15-5-8-20(3)9-6-16(14(17)2)19(15)20;1-14-8-3-4-9-15(14)20-18-11-6-5-10-16(18)17-12-7-13-19(17)21(20)2;1-13-7-3-4-8-14(13)19-17-11-5-9-15(17)16-10-6-12-18(16)20(19)2/h11-14H,15-18H2,1-10H3;3-4,9-10H,5-8,11-14H2,1-2H3;7,10-12H,5-6,8-9H2,1-4H3;3-4,8-9H,5-7,10-13H2,1-2H3;3-4,7-8H,5-6,9-12H2,1-2H3/q5*+1. The molecule has 0 spiro atoms. The first-order valence-electron chi connectivity index (χ1n) is 45.2. The van der Waals surface area contributed by atoms with E-state index < -0.39 is 0 Å². The lowest BCUT2D eigenvalue weighted by Gasteiger charge is -2.48. The van der Waals surface area contributed by atoms with Crippen LogP contribution in [0.2, 0.25) is 0 Å². The van der Waals surface area contributed by atoms with E-state index in [0.29, 0.717) is 5.41 Å². The number of fused-ring (bicyclic) bond motifs is 12. The zero-order valence-electron chi connectivity index (χ0n) is 74.3. The summed E-state index contributed by atoms with van der Waals surface area (Å²) in [7, 11) is 11.4. The van der Waals surface area contributed by atoms with Gasteiger partial charge in [-0.25, -0.2) is 4.57 Å². The van der Waals surface area contributed by atoms with E-state index in [0.717, 1.165) is 0 Å². The van der Waals surface area contributed by atoms with Crippen molar-refractivity contribution in [3.8, 4) is 56.3 Å². The van der Waals surface area contributed by atoms with Crippen molar-refractivity contribution in [3.63, 3.8) is 0 Å². The quantitative estimate of drug-likeness (QED) is 0.153. The Hall–Kier alpha value is -8.15. The molecule has 5 nitrogen and oxygen atoms in total. The normalized spacial score (nSPS) is 19.4. The molecule has 5 heteroatoms. The van der Waals surface area contributed by atoms with E-state index in [2.05, 4.69) is 283 Å². The van der Waals surface area contributed by atoms with Crippen LogP contribution in [0, 0.1) is 41.5 Å². The first kappa shape index (κ1) is 79.7. The number of aromatic nitrogens is 5. The maximum absolute atomic E-state index is 2.61. The topological polar surface area (TPSA) is 19.4 Å². The fraction of sp³-hybridized carbons (Fsp3) is 0.495. The minimum atomic E-state index is 0.174. The summed E-state index contributed by atoms with van der Waals surface area (Å²) in [5.74, 6) is 0. The first-order chi connectivity index (χ1) is 54.5. The number of pyridine rings is 5. The molecule has 0 N–H and O–H groups in total. The largest absolute Gasteiger partial charge is 0.216 e. The summed E-state index contributed by atoms with van der Waals surface area (Å²) in [5, 5.41) is 0. The van der Waals surface area contributed by atoms with Crippen LogP contribution < -0.4 is 22.8 Å². The van der Waals surface area contributed by atoms with Crippen LogP contribution in [0.5, 0.6) is 0 Å². The third-order valence-corrected chi connectivity index (χ3v) is 30.7. The van der Waals surface area contributed by atoms with Crippen molar-refractivity contribution in [2.45, 2.75) is 317 Å². The van der Waals surface area contributed by atoms with Gasteiger partial charge in [-0.2, -0.15) is 18.3 Å². The molecule has 1 atom stereocenters. The van der Waals surface area contributed by atoms with Crippen LogP contribution in [-0.4, -0.2) is 0 Å². The van der Waals surface area contributed by atoms with Gasteiger partial charge in [0.05, 0.1) is 0 Å². The molecule has 0 radical (unpaired) electrons. The molecule has 0 fully saturated rings. The van der Waals surface area contributed by atoms with Gasteiger partial charge in [0.25, 0.3) is 0 Å². The molecule has 10 aliphatic carbocycles. The highest BCUT2D eigenvalue weighted by Crippen LogP contribution is 2.57. The Morgan fingerprint density at radius 3 is 1.09 bits per heavy atom. The second-order valence-corrected chi connectivity index (χ2v) is 40.1. The number of rotatable bonds is 5. The smallest absolute Gasteiger partial charge is 0.201 e. The SMILES string of the molecule is Cc1cc[n+](C)c(-c2cc3c4c(c2C)CCC4(C)CC3)c1.Cc1ccccc1-c1c2c(c3c([n+]1C)C(C)(C)CCC3(C)C)C(C)(C)CCC2(C)C.Cc1ccccc1-c1c2c(c3c([n+]1C)CCC3)CCC2.Cc1ccccc1-c1c2c(c3c([n+]1C)CCC3)CCCC2.Cc1ccccc1-c1c2c(c3c([n+]1C)CCCC3)CCCC2. The maximum Gasteiger partial charge on any atom is 0.216 e. The van der Waals surface area contributed by atoms with E-state index >= 15 is 0 Å².